The fourth-order valence-corrected chi connectivity index (χ4v) is 1.71. The third-order valence-corrected chi connectivity index (χ3v) is 2.36. The van der Waals surface area contributed by atoms with Gasteiger partial charge in [0.25, 0.3) is 0 Å². The molecule has 2 fully saturated rings. The Kier molecular flexibility index (Phi) is 2.46. The fraction of sp³-hybridized carbons (Fsp3) is 1.00. The van der Waals surface area contributed by atoms with Crippen LogP contribution in [0.1, 0.15) is 6.42 Å². The number of ether oxygens (including phenoxy) is 1. The molecule has 0 bridgehead atoms. The molecule has 0 spiro atoms. The van der Waals surface area contributed by atoms with Crippen LogP contribution in [-0.2, 0) is 9.39 Å². The lowest BCUT2D eigenvalue weighted by atomic mass is 9.77. The van der Waals surface area contributed by atoms with Crippen molar-refractivity contribution in [3.8, 4) is 0 Å². The van der Waals surface area contributed by atoms with Crippen molar-refractivity contribution in [2.24, 2.45) is 0 Å². The van der Waals surface area contributed by atoms with Crippen LogP contribution in [0, 0.1) is 0 Å². The smallest absolute Gasteiger partial charge is 0.382 e. The normalized spacial score (nSPS) is 27.8. The van der Waals surface area contributed by atoms with E-state index >= 15 is 0 Å². The maximum absolute atomic E-state index is 5.56. The summed E-state index contributed by atoms with van der Waals surface area (Å²) in [6.07, 6.45) is 2.43. The topological polar surface area (TPSA) is 21.7 Å². The number of hydrogen-bond acceptors (Lipinski definition) is 3. The minimum Gasteiger partial charge on any atom is -0.421 e. The van der Waals surface area contributed by atoms with E-state index in [1.807, 2.05) is 0 Å². The molecule has 0 amide bonds. The van der Waals surface area contributed by atoms with Crippen molar-refractivity contribution in [3.05, 3.63) is 0 Å². The van der Waals surface area contributed by atoms with Crippen molar-refractivity contribution in [1.82, 2.24) is 4.81 Å². The average Bonchev–Trinajstić information content (AvgIpc) is 2.58. The lowest BCUT2D eigenvalue weighted by molar-refractivity contribution is 0.0639. The predicted octanol–water partition coefficient (Wildman–Crippen LogP) is 0.227. The van der Waals surface area contributed by atoms with Gasteiger partial charge in [-0.1, -0.05) is 0 Å². The van der Waals surface area contributed by atoms with E-state index in [1.54, 1.807) is 0 Å². The molecule has 0 saturated carbocycles. The van der Waals surface area contributed by atoms with E-state index < -0.39 is 0 Å². The van der Waals surface area contributed by atoms with Crippen LogP contribution >= 0.6 is 0 Å². The van der Waals surface area contributed by atoms with E-state index in [9.17, 15) is 0 Å². The second-order valence-corrected chi connectivity index (χ2v) is 3.12. The molecule has 2 heterocycles. The number of nitrogens with zero attached hydrogens (tertiary/aromatic N) is 1. The Hall–Kier alpha value is -0.0551. The second kappa shape index (κ2) is 3.56. The summed E-state index contributed by atoms with van der Waals surface area (Å²) >= 11 is 0. The van der Waals surface area contributed by atoms with Crippen LogP contribution in [0.4, 0.5) is 0 Å². The van der Waals surface area contributed by atoms with Gasteiger partial charge in [-0.15, -0.1) is 0 Å². The third kappa shape index (κ3) is 1.75. The first kappa shape index (κ1) is 7.59. The molecule has 0 radical (unpaired) electrons. The summed E-state index contributed by atoms with van der Waals surface area (Å²) in [6.45, 7) is 4.79. The zero-order valence-corrected chi connectivity index (χ0v) is 6.79. The van der Waals surface area contributed by atoms with Gasteiger partial charge in [0.15, 0.2) is 0 Å². The summed E-state index contributed by atoms with van der Waals surface area (Å²) < 4.78 is 10.8. The highest BCUT2D eigenvalue weighted by Gasteiger charge is 2.29. The van der Waals surface area contributed by atoms with Crippen LogP contribution in [-0.4, -0.2) is 44.8 Å². The molecule has 2 rings (SSSR count). The summed E-state index contributed by atoms with van der Waals surface area (Å²) in [4.78, 5) is 2.39. The van der Waals surface area contributed by atoms with E-state index in [-0.39, 0.29) is 0 Å². The van der Waals surface area contributed by atoms with Crippen LogP contribution in [0.5, 0.6) is 0 Å². The van der Waals surface area contributed by atoms with Crippen LogP contribution in [0.15, 0.2) is 0 Å². The molecule has 2 aliphatic heterocycles. The molecule has 0 unspecified atom stereocenters. The highest BCUT2D eigenvalue weighted by Crippen LogP contribution is 2.14. The minimum atomic E-state index is 0.402. The van der Waals surface area contributed by atoms with Gasteiger partial charge in [-0.05, 0) is 12.7 Å². The Bertz CT molecular complexity index is 122. The van der Waals surface area contributed by atoms with Crippen LogP contribution < -0.4 is 0 Å². The lowest BCUT2D eigenvalue weighted by Crippen LogP contribution is -2.46. The Morgan fingerprint density at radius 2 is 1.91 bits per heavy atom. The summed E-state index contributed by atoms with van der Waals surface area (Å²) in [5.74, 6) is 0. The Balaban J connectivity index is 1.82. The van der Waals surface area contributed by atoms with E-state index in [0.717, 1.165) is 32.9 Å². The number of hydrogen-bond donors (Lipinski definition) is 0. The number of rotatable bonds is 1. The van der Waals surface area contributed by atoms with E-state index in [1.165, 1.54) is 12.7 Å². The second-order valence-electron chi connectivity index (χ2n) is 3.12. The largest absolute Gasteiger partial charge is 0.421 e. The Morgan fingerprint density at radius 3 is 2.55 bits per heavy atom. The first-order valence-corrected chi connectivity index (χ1v) is 4.40. The quantitative estimate of drug-likeness (QED) is 0.506. The van der Waals surface area contributed by atoms with Crippen molar-refractivity contribution in [3.63, 3.8) is 0 Å². The standard InChI is InChI=1S/C7H14BNO2/c1-2-8(11-5-1)9-3-6-10-7-4-9/h1-7H2. The average molecular weight is 155 g/mol. The van der Waals surface area contributed by atoms with Gasteiger partial charge in [0.2, 0.25) is 0 Å². The summed E-state index contributed by atoms with van der Waals surface area (Å²) in [7, 11) is 0.402. The molecule has 4 heteroatoms. The van der Waals surface area contributed by atoms with E-state index in [4.69, 9.17) is 9.39 Å². The molecule has 0 aromatic heterocycles. The maximum Gasteiger partial charge on any atom is 0.382 e. The first-order chi connectivity index (χ1) is 5.47. The Labute approximate surface area is 67.8 Å². The van der Waals surface area contributed by atoms with Gasteiger partial charge in [0.1, 0.15) is 0 Å². The van der Waals surface area contributed by atoms with Crippen molar-refractivity contribution < 1.29 is 9.39 Å². The molecule has 2 aliphatic rings. The molecular weight excluding hydrogens is 141 g/mol. The highest BCUT2D eigenvalue weighted by atomic mass is 16.5. The van der Waals surface area contributed by atoms with E-state index in [2.05, 4.69) is 4.81 Å². The zero-order chi connectivity index (χ0) is 7.52. The minimum absolute atomic E-state index is 0.402. The SMILES string of the molecule is C1COB(N2CCOCC2)C1. The lowest BCUT2D eigenvalue weighted by Gasteiger charge is -2.28. The monoisotopic (exact) mass is 155 g/mol. The molecular formula is C7H14BNO2. The van der Waals surface area contributed by atoms with Crippen molar-refractivity contribution in [2.45, 2.75) is 12.7 Å². The van der Waals surface area contributed by atoms with Crippen molar-refractivity contribution >= 4 is 7.05 Å². The summed E-state index contributed by atoms with van der Waals surface area (Å²) in [6, 6.07) is 0. The van der Waals surface area contributed by atoms with E-state index in [0.29, 0.717) is 7.05 Å². The Morgan fingerprint density at radius 1 is 1.09 bits per heavy atom. The van der Waals surface area contributed by atoms with Gasteiger partial charge < -0.3 is 14.2 Å². The maximum atomic E-state index is 5.56. The molecule has 0 atom stereocenters. The molecule has 0 N–H and O–H groups in total. The number of morpholine rings is 1. The zero-order valence-electron chi connectivity index (χ0n) is 6.79. The van der Waals surface area contributed by atoms with Crippen molar-refractivity contribution in [2.75, 3.05) is 32.9 Å². The highest BCUT2D eigenvalue weighted by molar-refractivity contribution is 6.49. The molecule has 62 valence electrons. The molecule has 3 nitrogen and oxygen atoms in total. The third-order valence-electron chi connectivity index (χ3n) is 2.36. The first-order valence-electron chi connectivity index (χ1n) is 4.40. The fourth-order valence-electron chi connectivity index (χ4n) is 1.71. The van der Waals surface area contributed by atoms with Gasteiger partial charge in [0.05, 0.1) is 13.2 Å². The van der Waals surface area contributed by atoms with Crippen LogP contribution in [0.2, 0.25) is 6.32 Å². The summed E-state index contributed by atoms with van der Waals surface area (Å²) in [5.41, 5.74) is 0. The molecule has 0 aliphatic carbocycles. The molecule has 2 saturated heterocycles. The predicted molar refractivity (Wildman–Crippen MR) is 43.5 cm³/mol. The van der Waals surface area contributed by atoms with Gasteiger partial charge >= 0.3 is 7.05 Å². The van der Waals surface area contributed by atoms with Gasteiger partial charge in [-0.25, -0.2) is 0 Å². The molecule has 11 heavy (non-hydrogen) atoms. The molecule has 0 aromatic rings. The molecule has 0 aromatic carbocycles. The van der Waals surface area contributed by atoms with Gasteiger partial charge in [-0.2, -0.15) is 0 Å². The van der Waals surface area contributed by atoms with Crippen LogP contribution in [0.3, 0.4) is 0 Å². The van der Waals surface area contributed by atoms with Gasteiger partial charge in [-0.3, -0.25) is 0 Å². The van der Waals surface area contributed by atoms with Crippen molar-refractivity contribution in [1.29, 1.82) is 0 Å². The summed E-state index contributed by atoms with van der Waals surface area (Å²) in [5, 5.41) is 0. The van der Waals surface area contributed by atoms with Crippen LogP contribution in [0.25, 0.3) is 0 Å². The van der Waals surface area contributed by atoms with Gasteiger partial charge in [0, 0.05) is 19.7 Å².